The number of carbonyl (C=O) groups excluding carboxylic acids is 2. The number of ether oxygens (including phenoxy) is 2. The second kappa shape index (κ2) is 6.54. The molecule has 1 saturated heterocycles. The number of imide groups is 1. The number of methoxy groups -OCH3 is 1. The molecule has 4 atom stereocenters. The first-order valence-electron chi connectivity index (χ1n) is 8.65. The molecule has 0 aromatic heterocycles. The van der Waals surface area contributed by atoms with E-state index in [0.717, 1.165) is 15.9 Å². The molecular formula is C19H19BrN2O4. The van der Waals surface area contributed by atoms with E-state index in [2.05, 4.69) is 33.2 Å². The number of halogens is 1. The van der Waals surface area contributed by atoms with Gasteiger partial charge in [-0.2, -0.15) is 10.1 Å². The third-order valence-electron chi connectivity index (χ3n) is 5.31. The van der Waals surface area contributed by atoms with Crippen molar-refractivity contribution >= 4 is 34.0 Å². The van der Waals surface area contributed by atoms with Gasteiger partial charge in [0.1, 0.15) is 0 Å². The lowest BCUT2D eigenvalue weighted by atomic mass is 9.85. The molecule has 1 heterocycles. The number of benzene rings is 1. The third-order valence-corrected chi connectivity index (χ3v) is 5.90. The number of rotatable bonds is 5. The van der Waals surface area contributed by atoms with Crippen LogP contribution >= 0.6 is 15.9 Å². The van der Waals surface area contributed by atoms with Crippen molar-refractivity contribution in [2.24, 2.45) is 28.8 Å². The molecule has 2 fully saturated rings. The van der Waals surface area contributed by atoms with Crippen LogP contribution in [0.25, 0.3) is 0 Å². The van der Waals surface area contributed by atoms with E-state index in [0.29, 0.717) is 23.7 Å². The summed E-state index contributed by atoms with van der Waals surface area (Å²) < 4.78 is 11.6. The predicted octanol–water partition coefficient (Wildman–Crippen LogP) is 3.00. The molecule has 6 nitrogen and oxygen atoms in total. The number of allylic oxidation sites excluding steroid dienone is 2. The Balaban J connectivity index is 1.58. The summed E-state index contributed by atoms with van der Waals surface area (Å²) in [5, 5.41) is 5.23. The summed E-state index contributed by atoms with van der Waals surface area (Å²) in [6.07, 6.45) is 6.56. The second-order valence-electron chi connectivity index (χ2n) is 6.70. The van der Waals surface area contributed by atoms with Gasteiger partial charge in [-0.25, -0.2) is 0 Å². The van der Waals surface area contributed by atoms with Crippen LogP contribution in [0.3, 0.4) is 0 Å². The van der Waals surface area contributed by atoms with Crippen molar-refractivity contribution in [1.82, 2.24) is 5.01 Å². The number of hydrogen-bond acceptors (Lipinski definition) is 5. The molecule has 7 heteroatoms. The topological polar surface area (TPSA) is 68.2 Å². The summed E-state index contributed by atoms with van der Waals surface area (Å²) in [5.41, 5.74) is 0.705. The normalized spacial score (nSPS) is 29.1. The van der Waals surface area contributed by atoms with Crippen LogP contribution in [-0.4, -0.2) is 36.8 Å². The van der Waals surface area contributed by atoms with E-state index in [1.807, 2.05) is 13.0 Å². The van der Waals surface area contributed by atoms with Crippen molar-refractivity contribution in [2.45, 2.75) is 13.3 Å². The van der Waals surface area contributed by atoms with Gasteiger partial charge in [0, 0.05) is 0 Å². The van der Waals surface area contributed by atoms with Gasteiger partial charge < -0.3 is 9.47 Å². The number of fused-ring (bicyclic) bond motifs is 5. The summed E-state index contributed by atoms with van der Waals surface area (Å²) in [6.45, 7) is 2.41. The van der Waals surface area contributed by atoms with Crippen LogP contribution < -0.4 is 9.47 Å². The van der Waals surface area contributed by atoms with Gasteiger partial charge in [-0.15, -0.1) is 0 Å². The van der Waals surface area contributed by atoms with E-state index in [4.69, 9.17) is 9.47 Å². The van der Waals surface area contributed by atoms with Gasteiger partial charge >= 0.3 is 0 Å². The smallest absolute Gasteiger partial charge is 0.254 e. The Bertz CT molecular complexity index is 805. The molecule has 2 bridgehead atoms. The zero-order valence-corrected chi connectivity index (χ0v) is 16.1. The van der Waals surface area contributed by atoms with Gasteiger partial charge in [-0.1, -0.05) is 12.2 Å². The van der Waals surface area contributed by atoms with Crippen LogP contribution in [0.2, 0.25) is 0 Å². The fraction of sp³-hybridized carbons (Fsp3) is 0.421. The fourth-order valence-corrected chi connectivity index (χ4v) is 4.80. The Hall–Kier alpha value is -2.15. The fourth-order valence-electron chi connectivity index (χ4n) is 4.22. The van der Waals surface area contributed by atoms with Crippen LogP contribution in [-0.2, 0) is 9.59 Å². The average Bonchev–Trinajstić information content (AvgIpc) is 3.30. The molecule has 0 unspecified atom stereocenters. The Morgan fingerprint density at radius 1 is 1.23 bits per heavy atom. The highest BCUT2D eigenvalue weighted by atomic mass is 79.9. The Kier molecular flexibility index (Phi) is 4.34. The molecule has 0 N–H and O–H groups in total. The molecule has 0 radical (unpaired) electrons. The van der Waals surface area contributed by atoms with E-state index in [9.17, 15) is 9.59 Å². The first-order chi connectivity index (χ1) is 12.5. The lowest BCUT2D eigenvalue weighted by Gasteiger charge is -2.13. The van der Waals surface area contributed by atoms with Gasteiger partial charge in [0.2, 0.25) is 0 Å². The molecule has 1 saturated carbocycles. The zero-order valence-electron chi connectivity index (χ0n) is 14.5. The molecule has 4 rings (SSSR count). The van der Waals surface area contributed by atoms with Gasteiger partial charge in [0.25, 0.3) is 11.8 Å². The maximum atomic E-state index is 12.6. The van der Waals surface area contributed by atoms with Crippen molar-refractivity contribution in [3.05, 3.63) is 34.3 Å². The molecule has 1 aromatic rings. The van der Waals surface area contributed by atoms with E-state index in [1.165, 1.54) is 6.21 Å². The van der Waals surface area contributed by atoms with E-state index < -0.39 is 0 Å². The maximum Gasteiger partial charge on any atom is 0.254 e. The number of hydrazone groups is 1. The first-order valence-corrected chi connectivity index (χ1v) is 9.45. The highest BCUT2D eigenvalue weighted by Crippen LogP contribution is 2.52. The Morgan fingerprint density at radius 3 is 2.46 bits per heavy atom. The minimum absolute atomic E-state index is 0.182. The standard InChI is InChI=1S/C19H19BrN2O4/c1-3-26-17-13(20)6-10(7-14(17)25-2)9-21-22-18(23)15-11-4-5-12(8-11)16(15)19(22)24/h4-7,9,11-12,15-16H,3,8H2,1-2H3/t11-,12-,15-,16+/m0/s1. The van der Waals surface area contributed by atoms with Crippen molar-refractivity contribution in [2.75, 3.05) is 13.7 Å². The summed E-state index contributed by atoms with van der Waals surface area (Å²) in [6, 6.07) is 3.57. The van der Waals surface area contributed by atoms with E-state index in [1.54, 1.807) is 13.2 Å². The van der Waals surface area contributed by atoms with Crippen LogP contribution in [0, 0.1) is 23.7 Å². The quantitative estimate of drug-likeness (QED) is 0.418. The number of nitrogens with zero attached hydrogens (tertiary/aromatic N) is 2. The minimum atomic E-state index is -0.240. The molecule has 0 spiro atoms. The van der Waals surface area contributed by atoms with Gasteiger partial charge in [-0.3, -0.25) is 9.59 Å². The highest BCUT2D eigenvalue weighted by Gasteiger charge is 2.59. The average molecular weight is 419 g/mol. The Labute approximate surface area is 160 Å². The lowest BCUT2D eigenvalue weighted by molar-refractivity contribution is -0.140. The van der Waals surface area contributed by atoms with Crippen LogP contribution in [0.5, 0.6) is 11.5 Å². The van der Waals surface area contributed by atoms with Crippen molar-refractivity contribution in [1.29, 1.82) is 0 Å². The van der Waals surface area contributed by atoms with Crippen LogP contribution in [0.15, 0.2) is 33.9 Å². The van der Waals surface area contributed by atoms with Crippen molar-refractivity contribution < 1.29 is 19.1 Å². The van der Waals surface area contributed by atoms with Gasteiger partial charge in [0.15, 0.2) is 11.5 Å². The lowest BCUT2D eigenvalue weighted by Crippen LogP contribution is -2.28. The van der Waals surface area contributed by atoms with Crippen LogP contribution in [0.1, 0.15) is 18.9 Å². The summed E-state index contributed by atoms with van der Waals surface area (Å²) in [7, 11) is 1.56. The van der Waals surface area contributed by atoms with E-state index >= 15 is 0 Å². The monoisotopic (exact) mass is 418 g/mol. The predicted molar refractivity (Wildman–Crippen MR) is 99.0 cm³/mol. The van der Waals surface area contributed by atoms with Crippen molar-refractivity contribution in [3.8, 4) is 11.5 Å². The molecular weight excluding hydrogens is 400 g/mol. The van der Waals surface area contributed by atoms with Gasteiger partial charge in [-0.05, 0) is 58.8 Å². The summed E-state index contributed by atoms with van der Waals surface area (Å²) in [5.74, 6) is 0.670. The number of hydrogen-bond donors (Lipinski definition) is 0. The molecule has 2 aliphatic carbocycles. The molecule has 2 amide bonds. The molecule has 3 aliphatic rings. The minimum Gasteiger partial charge on any atom is -0.493 e. The maximum absolute atomic E-state index is 12.6. The first kappa shape index (κ1) is 17.3. The number of amides is 2. The molecule has 26 heavy (non-hydrogen) atoms. The Morgan fingerprint density at radius 2 is 1.88 bits per heavy atom. The summed E-state index contributed by atoms with van der Waals surface area (Å²) >= 11 is 3.46. The summed E-state index contributed by atoms with van der Waals surface area (Å²) in [4.78, 5) is 25.3. The molecule has 136 valence electrons. The van der Waals surface area contributed by atoms with Gasteiger partial charge in [0.05, 0.1) is 36.2 Å². The molecule has 1 aliphatic heterocycles. The van der Waals surface area contributed by atoms with E-state index in [-0.39, 0.29) is 35.5 Å². The second-order valence-corrected chi connectivity index (χ2v) is 7.55. The highest BCUT2D eigenvalue weighted by molar-refractivity contribution is 9.10. The zero-order chi connectivity index (χ0) is 18.4. The van der Waals surface area contributed by atoms with Crippen molar-refractivity contribution in [3.63, 3.8) is 0 Å². The molecule has 1 aromatic carbocycles. The third kappa shape index (κ3) is 2.57. The SMILES string of the molecule is CCOc1c(Br)cc(C=NN2C(=O)[C@@H]3[C@H](C2=O)[C@H]2C=C[C@H]3C2)cc1OC. The van der Waals surface area contributed by atoms with Crippen LogP contribution in [0.4, 0.5) is 0 Å². The largest absolute Gasteiger partial charge is 0.493 e. The number of carbonyl (C=O) groups is 2.